The summed E-state index contributed by atoms with van der Waals surface area (Å²) in [6.07, 6.45) is 6.80. The second kappa shape index (κ2) is 4.65. The van der Waals surface area contributed by atoms with E-state index >= 15 is 0 Å². The highest BCUT2D eigenvalue weighted by Gasteiger charge is 2.18. The van der Waals surface area contributed by atoms with Crippen LogP contribution in [0.3, 0.4) is 0 Å². The van der Waals surface area contributed by atoms with Gasteiger partial charge in [-0.2, -0.15) is 0 Å². The molecule has 0 amide bonds. The number of rotatable bonds is 3. The minimum atomic E-state index is 0.0542. The van der Waals surface area contributed by atoms with E-state index < -0.39 is 0 Å². The number of hydrogen-bond acceptors (Lipinski definition) is 3. The first-order valence-corrected chi connectivity index (χ1v) is 6.19. The summed E-state index contributed by atoms with van der Waals surface area (Å²) in [5, 5.41) is 0. The number of nitrogens with one attached hydrogen (secondary N) is 1. The molecule has 1 aliphatic rings. The molecule has 0 aliphatic carbocycles. The third kappa shape index (κ3) is 2.01. The maximum absolute atomic E-state index is 10.9. The van der Waals surface area contributed by atoms with Gasteiger partial charge < -0.3 is 10.3 Å². The van der Waals surface area contributed by atoms with Crippen LogP contribution < -0.4 is 10.3 Å². The fourth-order valence-electron chi connectivity index (χ4n) is 2.34. The van der Waals surface area contributed by atoms with Gasteiger partial charge in [0, 0.05) is 30.7 Å². The van der Waals surface area contributed by atoms with Gasteiger partial charge in [-0.25, -0.2) is 0 Å². The molecule has 0 saturated carbocycles. The van der Waals surface area contributed by atoms with Crippen molar-refractivity contribution in [3.05, 3.63) is 66.1 Å². The molecule has 1 N–H and O–H groups in total. The third-order valence-electron chi connectivity index (χ3n) is 3.33. The van der Waals surface area contributed by atoms with Gasteiger partial charge in [-0.05, 0) is 24.3 Å². The quantitative estimate of drug-likeness (QED) is 0.854. The molecule has 3 rings (SSSR count). The molecule has 1 aliphatic heterocycles. The number of carbonyl (C=O) groups is 1. The van der Waals surface area contributed by atoms with Crippen LogP contribution in [0.5, 0.6) is 0 Å². The van der Waals surface area contributed by atoms with Gasteiger partial charge in [0.05, 0.1) is 6.04 Å². The Morgan fingerprint density at radius 3 is 2.89 bits per heavy atom. The van der Waals surface area contributed by atoms with Crippen LogP contribution in [-0.2, 0) is 0 Å². The fourth-order valence-corrected chi connectivity index (χ4v) is 2.34. The van der Waals surface area contributed by atoms with E-state index in [-0.39, 0.29) is 6.04 Å². The molecule has 0 saturated heterocycles. The second-order valence-corrected chi connectivity index (χ2v) is 4.54. The third-order valence-corrected chi connectivity index (χ3v) is 3.33. The summed E-state index contributed by atoms with van der Waals surface area (Å²) in [6, 6.07) is 11.9. The lowest BCUT2D eigenvalue weighted by Gasteiger charge is -2.29. The van der Waals surface area contributed by atoms with Gasteiger partial charge in [0.15, 0.2) is 6.29 Å². The summed E-state index contributed by atoms with van der Waals surface area (Å²) in [5.41, 5.74) is 6.31. The van der Waals surface area contributed by atoms with Crippen LogP contribution in [0.1, 0.15) is 22.1 Å². The monoisotopic (exact) mass is 253 g/mol. The predicted octanol–water partition coefficient (Wildman–Crippen LogP) is 2.55. The van der Waals surface area contributed by atoms with Gasteiger partial charge in [-0.3, -0.25) is 9.47 Å². The molecule has 2 aromatic rings. The summed E-state index contributed by atoms with van der Waals surface area (Å²) >= 11 is 0. The summed E-state index contributed by atoms with van der Waals surface area (Å²) in [5.74, 6) is 0. The van der Waals surface area contributed by atoms with Crippen LogP contribution in [0.2, 0.25) is 0 Å². The Kier molecular flexibility index (Phi) is 2.83. The molecule has 1 aromatic carbocycles. The summed E-state index contributed by atoms with van der Waals surface area (Å²) in [6.45, 7) is 0. The second-order valence-electron chi connectivity index (χ2n) is 4.54. The van der Waals surface area contributed by atoms with Crippen molar-refractivity contribution in [3.63, 3.8) is 0 Å². The highest BCUT2D eigenvalue weighted by molar-refractivity contribution is 5.72. The summed E-state index contributed by atoms with van der Waals surface area (Å²) < 4.78 is 1.75. The van der Waals surface area contributed by atoms with Crippen molar-refractivity contribution >= 4 is 12.0 Å². The molecular formula is C15H15N3O. The normalized spacial score (nSPS) is 17.1. The van der Waals surface area contributed by atoms with Crippen LogP contribution in [0.4, 0.5) is 5.69 Å². The van der Waals surface area contributed by atoms with Crippen LogP contribution in [0.25, 0.3) is 0 Å². The molecule has 1 atom stereocenters. The largest absolute Gasteiger partial charge is 0.351 e. The van der Waals surface area contributed by atoms with Crippen molar-refractivity contribution in [1.29, 1.82) is 0 Å². The number of anilines is 1. The van der Waals surface area contributed by atoms with E-state index in [1.165, 1.54) is 11.3 Å². The van der Waals surface area contributed by atoms with E-state index in [0.29, 0.717) is 5.69 Å². The molecule has 96 valence electrons. The molecule has 4 heteroatoms. The van der Waals surface area contributed by atoms with Crippen molar-refractivity contribution in [2.24, 2.45) is 0 Å². The average molecular weight is 253 g/mol. The Balaban J connectivity index is 1.94. The maximum Gasteiger partial charge on any atom is 0.168 e. The Morgan fingerprint density at radius 1 is 1.21 bits per heavy atom. The zero-order valence-corrected chi connectivity index (χ0v) is 10.7. The van der Waals surface area contributed by atoms with Crippen LogP contribution in [0.15, 0.2) is 54.9 Å². The molecule has 1 aromatic heterocycles. The SMILES string of the molecule is CN1C=CC(Nn2cccc2C=O)c2ccccc21. The Labute approximate surface area is 111 Å². The number of para-hydroxylation sites is 1. The Hall–Kier alpha value is -2.49. The van der Waals surface area contributed by atoms with Crippen molar-refractivity contribution in [1.82, 2.24) is 4.68 Å². The van der Waals surface area contributed by atoms with E-state index in [1.807, 2.05) is 37.6 Å². The predicted molar refractivity (Wildman–Crippen MR) is 75.9 cm³/mol. The number of aldehydes is 1. The molecule has 4 nitrogen and oxygen atoms in total. The van der Waals surface area contributed by atoms with Gasteiger partial charge in [0.2, 0.25) is 0 Å². The van der Waals surface area contributed by atoms with E-state index in [9.17, 15) is 4.79 Å². The highest BCUT2D eigenvalue weighted by atomic mass is 16.1. The van der Waals surface area contributed by atoms with Crippen molar-refractivity contribution < 1.29 is 4.79 Å². The average Bonchev–Trinajstić information content (AvgIpc) is 2.89. The van der Waals surface area contributed by atoms with E-state index in [1.54, 1.807) is 10.7 Å². The first-order valence-electron chi connectivity index (χ1n) is 6.19. The first kappa shape index (κ1) is 11.6. The smallest absolute Gasteiger partial charge is 0.168 e. The van der Waals surface area contributed by atoms with Gasteiger partial charge >= 0.3 is 0 Å². The lowest BCUT2D eigenvalue weighted by atomic mass is 10.0. The van der Waals surface area contributed by atoms with Crippen molar-refractivity contribution in [3.8, 4) is 0 Å². The Bertz CT molecular complexity index is 630. The molecule has 0 bridgehead atoms. The lowest BCUT2D eigenvalue weighted by molar-refractivity contribution is 0.111. The van der Waals surface area contributed by atoms with E-state index in [2.05, 4.69) is 28.5 Å². The summed E-state index contributed by atoms with van der Waals surface area (Å²) in [7, 11) is 2.03. The van der Waals surface area contributed by atoms with Gasteiger partial charge in [-0.1, -0.05) is 18.2 Å². The van der Waals surface area contributed by atoms with Gasteiger partial charge in [-0.15, -0.1) is 0 Å². The molecule has 0 fully saturated rings. The number of hydrogen-bond donors (Lipinski definition) is 1. The number of nitrogens with zero attached hydrogens (tertiary/aromatic N) is 2. The maximum atomic E-state index is 10.9. The number of benzene rings is 1. The molecule has 2 heterocycles. The van der Waals surface area contributed by atoms with Crippen LogP contribution in [0, 0.1) is 0 Å². The standard InChI is InChI=1S/C15H15N3O/c1-17-10-8-14(13-6-2-3-7-15(13)17)16-18-9-4-5-12(18)11-19/h2-11,14,16H,1H3. The van der Waals surface area contributed by atoms with Crippen LogP contribution in [-0.4, -0.2) is 18.0 Å². The number of carbonyl (C=O) groups excluding carboxylic acids is 1. The van der Waals surface area contributed by atoms with Crippen molar-refractivity contribution in [2.75, 3.05) is 17.4 Å². The zero-order valence-electron chi connectivity index (χ0n) is 10.7. The van der Waals surface area contributed by atoms with E-state index in [4.69, 9.17) is 0 Å². The van der Waals surface area contributed by atoms with Crippen molar-refractivity contribution in [2.45, 2.75) is 6.04 Å². The topological polar surface area (TPSA) is 37.3 Å². The van der Waals surface area contributed by atoms with Crippen LogP contribution >= 0.6 is 0 Å². The van der Waals surface area contributed by atoms with E-state index in [0.717, 1.165) is 6.29 Å². The zero-order chi connectivity index (χ0) is 13.2. The van der Waals surface area contributed by atoms with Gasteiger partial charge in [0.25, 0.3) is 0 Å². The Morgan fingerprint density at radius 2 is 2.05 bits per heavy atom. The molecular weight excluding hydrogens is 238 g/mol. The molecule has 19 heavy (non-hydrogen) atoms. The number of fused-ring (bicyclic) bond motifs is 1. The molecule has 0 spiro atoms. The summed E-state index contributed by atoms with van der Waals surface area (Å²) in [4.78, 5) is 13.0. The first-order chi connectivity index (χ1) is 9.29. The lowest BCUT2D eigenvalue weighted by Crippen LogP contribution is -2.26. The minimum Gasteiger partial charge on any atom is -0.351 e. The number of aromatic nitrogens is 1. The highest BCUT2D eigenvalue weighted by Crippen LogP contribution is 2.31. The fraction of sp³-hybridized carbons (Fsp3) is 0.133. The molecule has 0 radical (unpaired) electrons. The molecule has 1 unspecified atom stereocenters. The minimum absolute atomic E-state index is 0.0542. The van der Waals surface area contributed by atoms with Gasteiger partial charge in [0.1, 0.15) is 5.69 Å².